The minimum Gasteiger partial charge on any atom is -0.311 e. The molecule has 2 atom stereocenters. The van der Waals surface area contributed by atoms with Crippen LogP contribution < -0.4 is 5.32 Å². The number of halogens is 2. The van der Waals surface area contributed by atoms with E-state index in [0.717, 1.165) is 25.2 Å². The number of hydrogen-bond acceptors (Lipinski definition) is 2. The Kier molecular flexibility index (Phi) is 4.02. The monoisotopic (exact) mass is 256 g/mol. The first-order valence-electron chi connectivity index (χ1n) is 5.97. The van der Waals surface area contributed by atoms with Gasteiger partial charge in [0.2, 0.25) is 0 Å². The SMILES string of the molecule is CC1CN(Cc2ccc(F)c(Cl)c2)C(C)CN1. The molecule has 2 rings (SSSR count). The highest BCUT2D eigenvalue weighted by Gasteiger charge is 2.22. The van der Waals surface area contributed by atoms with Gasteiger partial charge in [0, 0.05) is 31.7 Å². The van der Waals surface area contributed by atoms with E-state index in [0.29, 0.717) is 12.1 Å². The minimum absolute atomic E-state index is 0.207. The topological polar surface area (TPSA) is 15.3 Å². The third-order valence-electron chi connectivity index (χ3n) is 3.26. The van der Waals surface area contributed by atoms with Gasteiger partial charge in [-0.15, -0.1) is 0 Å². The average molecular weight is 257 g/mol. The lowest BCUT2D eigenvalue weighted by Crippen LogP contribution is -2.53. The van der Waals surface area contributed by atoms with Gasteiger partial charge in [-0.1, -0.05) is 17.7 Å². The minimum atomic E-state index is -0.350. The molecule has 1 N–H and O–H groups in total. The average Bonchev–Trinajstić information content (AvgIpc) is 2.29. The summed E-state index contributed by atoms with van der Waals surface area (Å²) in [6.45, 7) is 7.21. The molecule has 94 valence electrons. The fourth-order valence-corrected chi connectivity index (χ4v) is 2.39. The van der Waals surface area contributed by atoms with E-state index in [-0.39, 0.29) is 10.8 Å². The van der Waals surface area contributed by atoms with Gasteiger partial charge in [-0.25, -0.2) is 4.39 Å². The second-order valence-corrected chi connectivity index (χ2v) is 5.24. The van der Waals surface area contributed by atoms with Crippen molar-refractivity contribution < 1.29 is 4.39 Å². The molecule has 1 aromatic carbocycles. The quantitative estimate of drug-likeness (QED) is 0.875. The third-order valence-corrected chi connectivity index (χ3v) is 3.55. The van der Waals surface area contributed by atoms with E-state index < -0.39 is 0 Å². The Bertz CT molecular complexity index is 397. The summed E-state index contributed by atoms with van der Waals surface area (Å²) in [5, 5.41) is 3.65. The van der Waals surface area contributed by atoms with Crippen LogP contribution in [0.2, 0.25) is 5.02 Å². The molecule has 1 aliphatic rings. The van der Waals surface area contributed by atoms with Crippen molar-refractivity contribution in [3.63, 3.8) is 0 Å². The van der Waals surface area contributed by atoms with Crippen LogP contribution in [-0.4, -0.2) is 30.1 Å². The summed E-state index contributed by atoms with van der Waals surface area (Å²) in [6.07, 6.45) is 0. The lowest BCUT2D eigenvalue weighted by Gasteiger charge is -2.37. The predicted octanol–water partition coefficient (Wildman–Crippen LogP) is 2.66. The van der Waals surface area contributed by atoms with Crippen LogP contribution in [0.25, 0.3) is 0 Å². The Labute approximate surface area is 107 Å². The van der Waals surface area contributed by atoms with Crippen molar-refractivity contribution in [1.82, 2.24) is 10.2 Å². The zero-order valence-electron chi connectivity index (χ0n) is 10.2. The maximum atomic E-state index is 13.1. The van der Waals surface area contributed by atoms with Crippen LogP contribution in [-0.2, 0) is 6.54 Å². The molecule has 1 aromatic rings. The maximum Gasteiger partial charge on any atom is 0.141 e. The number of hydrogen-bond donors (Lipinski definition) is 1. The van der Waals surface area contributed by atoms with E-state index >= 15 is 0 Å². The fraction of sp³-hybridized carbons (Fsp3) is 0.538. The second kappa shape index (κ2) is 5.34. The second-order valence-electron chi connectivity index (χ2n) is 4.84. The van der Waals surface area contributed by atoms with Crippen molar-refractivity contribution in [3.05, 3.63) is 34.6 Å². The molecule has 0 saturated carbocycles. The largest absolute Gasteiger partial charge is 0.311 e. The van der Waals surface area contributed by atoms with E-state index in [9.17, 15) is 4.39 Å². The first-order valence-corrected chi connectivity index (χ1v) is 6.35. The van der Waals surface area contributed by atoms with Crippen molar-refractivity contribution in [3.8, 4) is 0 Å². The van der Waals surface area contributed by atoms with Gasteiger partial charge in [-0.05, 0) is 31.5 Å². The van der Waals surface area contributed by atoms with E-state index in [4.69, 9.17) is 11.6 Å². The Hall–Kier alpha value is -0.640. The molecule has 2 unspecified atom stereocenters. The van der Waals surface area contributed by atoms with Crippen LogP contribution in [0.5, 0.6) is 0 Å². The molecule has 0 spiro atoms. The van der Waals surface area contributed by atoms with Crippen molar-refractivity contribution >= 4 is 11.6 Å². The molecule has 0 radical (unpaired) electrons. The van der Waals surface area contributed by atoms with Gasteiger partial charge in [0.15, 0.2) is 0 Å². The van der Waals surface area contributed by atoms with E-state index in [1.807, 2.05) is 0 Å². The number of piperazine rings is 1. The highest BCUT2D eigenvalue weighted by atomic mass is 35.5. The van der Waals surface area contributed by atoms with Crippen LogP contribution in [0.3, 0.4) is 0 Å². The van der Waals surface area contributed by atoms with Crippen molar-refractivity contribution in [2.75, 3.05) is 13.1 Å². The first kappa shape index (κ1) is 12.8. The Balaban J connectivity index is 2.06. The summed E-state index contributed by atoms with van der Waals surface area (Å²) >= 11 is 5.79. The van der Waals surface area contributed by atoms with Crippen LogP contribution in [0.1, 0.15) is 19.4 Å². The molecular weight excluding hydrogens is 239 g/mol. The van der Waals surface area contributed by atoms with Crippen LogP contribution >= 0.6 is 11.6 Å². The summed E-state index contributed by atoms with van der Waals surface area (Å²) in [5.41, 5.74) is 1.07. The van der Waals surface area contributed by atoms with Crippen molar-refractivity contribution in [1.29, 1.82) is 0 Å². The Morgan fingerprint density at radius 2 is 2.24 bits per heavy atom. The highest BCUT2D eigenvalue weighted by molar-refractivity contribution is 6.30. The summed E-state index contributed by atoms with van der Waals surface area (Å²) in [7, 11) is 0. The van der Waals surface area contributed by atoms with Crippen LogP contribution in [0, 0.1) is 5.82 Å². The molecule has 1 aliphatic heterocycles. The van der Waals surface area contributed by atoms with Crippen molar-refractivity contribution in [2.24, 2.45) is 0 Å². The van der Waals surface area contributed by atoms with Gasteiger partial charge < -0.3 is 5.32 Å². The molecule has 2 nitrogen and oxygen atoms in total. The molecule has 1 fully saturated rings. The number of rotatable bonds is 2. The third kappa shape index (κ3) is 3.18. The van der Waals surface area contributed by atoms with Crippen molar-refractivity contribution in [2.45, 2.75) is 32.5 Å². The van der Waals surface area contributed by atoms with E-state index in [1.165, 1.54) is 6.07 Å². The summed E-state index contributed by atoms with van der Waals surface area (Å²) in [6, 6.07) is 5.96. The fourth-order valence-electron chi connectivity index (χ4n) is 2.19. The molecule has 17 heavy (non-hydrogen) atoms. The lowest BCUT2D eigenvalue weighted by molar-refractivity contribution is 0.139. The summed E-state index contributed by atoms with van der Waals surface area (Å²) in [5.74, 6) is -0.350. The normalized spacial score (nSPS) is 26.1. The number of nitrogens with zero attached hydrogens (tertiary/aromatic N) is 1. The van der Waals surface area contributed by atoms with Crippen LogP contribution in [0.4, 0.5) is 4.39 Å². The molecule has 0 amide bonds. The molecule has 1 saturated heterocycles. The smallest absolute Gasteiger partial charge is 0.141 e. The summed E-state index contributed by atoms with van der Waals surface area (Å²) in [4.78, 5) is 2.39. The van der Waals surface area contributed by atoms with E-state index in [1.54, 1.807) is 12.1 Å². The molecule has 0 aromatic heterocycles. The Morgan fingerprint density at radius 3 is 2.94 bits per heavy atom. The van der Waals surface area contributed by atoms with Gasteiger partial charge in [0.25, 0.3) is 0 Å². The Morgan fingerprint density at radius 1 is 1.47 bits per heavy atom. The zero-order valence-corrected chi connectivity index (χ0v) is 11.0. The standard InChI is InChI=1S/C13H18ClFN2/c1-9-7-17(10(2)6-16-9)8-11-3-4-13(15)12(14)5-11/h3-5,9-10,16H,6-8H2,1-2H3. The first-order chi connectivity index (χ1) is 8.06. The lowest BCUT2D eigenvalue weighted by atomic mass is 10.1. The molecule has 0 bridgehead atoms. The number of nitrogens with one attached hydrogen (secondary N) is 1. The van der Waals surface area contributed by atoms with Gasteiger partial charge in [-0.3, -0.25) is 4.90 Å². The summed E-state index contributed by atoms with van der Waals surface area (Å²) < 4.78 is 13.1. The molecule has 0 aliphatic carbocycles. The van der Waals surface area contributed by atoms with E-state index in [2.05, 4.69) is 24.1 Å². The molecule has 1 heterocycles. The zero-order chi connectivity index (χ0) is 12.4. The van der Waals surface area contributed by atoms with Gasteiger partial charge in [0.05, 0.1) is 5.02 Å². The predicted molar refractivity (Wildman–Crippen MR) is 68.7 cm³/mol. The maximum absolute atomic E-state index is 13.1. The van der Waals surface area contributed by atoms with Gasteiger partial charge >= 0.3 is 0 Å². The van der Waals surface area contributed by atoms with Gasteiger partial charge in [0.1, 0.15) is 5.82 Å². The van der Waals surface area contributed by atoms with Crippen LogP contribution in [0.15, 0.2) is 18.2 Å². The van der Waals surface area contributed by atoms with Gasteiger partial charge in [-0.2, -0.15) is 0 Å². The number of benzene rings is 1. The molecular formula is C13H18ClFN2. The highest BCUT2D eigenvalue weighted by Crippen LogP contribution is 2.19. The molecule has 4 heteroatoms.